The Labute approximate surface area is 122 Å². The van der Waals surface area contributed by atoms with Crippen LogP contribution < -0.4 is 5.32 Å². The highest BCUT2D eigenvalue weighted by atomic mass is 79.9. The normalized spacial score (nSPS) is 12.2. The molecule has 0 heterocycles. The molecule has 19 heavy (non-hydrogen) atoms. The van der Waals surface area contributed by atoms with E-state index in [1.54, 1.807) is 12.1 Å². The summed E-state index contributed by atoms with van der Waals surface area (Å²) in [6.45, 7) is 4.16. The summed E-state index contributed by atoms with van der Waals surface area (Å²) < 4.78 is 14.2. The van der Waals surface area contributed by atoms with E-state index in [1.807, 2.05) is 6.07 Å². The van der Waals surface area contributed by atoms with E-state index in [0.717, 1.165) is 22.1 Å². The quantitative estimate of drug-likeness (QED) is 0.841. The van der Waals surface area contributed by atoms with E-state index in [2.05, 4.69) is 53.3 Å². The van der Waals surface area contributed by atoms with E-state index in [4.69, 9.17) is 0 Å². The van der Waals surface area contributed by atoms with Gasteiger partial charge in [-0.3, -0.25) is 0 Å². The Hall–Kier alpha value is -1.35. The molecule has 0 aliphatic heterocycles. The maximum Gasteiger partial charge on any atom is 0.123 e. The summed E-state index contributed by atoms with van der Waals surface area (Å²) in [5.41, 5.74) is 3.29. The molecule has 0 amide bonds. The maximum atomic E-state index is 13.1. The summed E-state index contributed by atoms with van der Waals surface area (Å²) in [7, 11) is 0. The number of aryl methyl sites for hydroxylation is 1. The van der Waals surface area contributed by atoms with Crippen LogP contribution in [0.4, 0.5) is 10.1 Å². The Morgan fingerprint density at radius 3 is 2.68 bits per heavy atom. The lowest BCUT2D eigenvalue weighted by Gasteiger charge is -2.16. The van der Waals surface area contributed by atoms with Gasteiger partial charge in [-0.25, -0.2) is 4.39 Å². The van der Waals surface area contributed by atoms with Crippen molar-refractivity contribution < 1.29 is 4.39 Å². The van der Waals surface area contributed by atoms with Crippen LogP contribution in [0.25, 0.3) is 0 Å². The van der Waals surface area contributed by atoms with E-state index in [1.165, 1.54) is 11.6 Å². The summed E-state index contributed by atoms with van der Waals surface area (Å²) in [6.07, 6.45) is 0.795. The monoisotopic (exact) mass is 321 g/mol. The van der Waals surface area contributed by atoms with Gasteiger partial charge in [0.1, 0.15) is 5.82 Å². The van der Waals surface area contributed by atoms with Gasteiger partial charge in [0.15, 0.2) is 0 Å². The summed E-state index contributed by atoms with van der Waals surface area (Å²) in [5, 5.41) is 3.43. The minimum absolute atomic E-state index is 0.178. The first kappa shape index (κ1) is 14.1. The van der Waals surface area contributed by atoms with Crippen LogP contribution in [0.3, 0.4) is 0 Å². The number of nitrogens with one attached hydrogen (secondary N) is 1. The third-order valence-corrected chi connectivity index (χ3v) is 3.87. The van der Waals surface area contributed by atoms with E-state index >= 15 is 0 Å². The molecular formula is C16H17BrFN. The Morgan fingerprint density at radius 2 is 2.00 bits per heavy atom. The first-order valence-electron chi connectivity index (χ1n) is 6.32. The molecular weight excluding hydrogens is 305 g/mol. The van der Waals surface area contributed by atoms with E-state index < -0.39 is 0 Å². The number of halogens is 2. The SMILES string of the molecule is Cc1ccc(NC(C)Cc2cccc(F)c2)cc1Br. The molecule has 0 spiro atoms. The van der Waals surface area contributed by atoms with Crippen molar-refractivity contribution in [2.24, 2.45) is 0 Å². The number of rotatable bonds is 4. The molecule has 0 aliphatic carbocycles. The lowest BCUT2D eigenvalue weighted by atomic mass is 10.1. The maximum absolute atomic E-state index is 13.1. The van der Waals surface area contributed by atoms with Crippen molar-refractivity contribution in [1.82, 2.24) is 0 Å². The lowest BCUT2D eigenvalue weighted by Crippen LogP contribution is -2.18. The first-order chi connectivity index (χ1) is 9.04. The highest BCUT2D eigenvalue weighted by molar-refractivity contribution is 9.10. The van der Waals surface area contributed by atoms with E-state index in [0.29, 0.717) is 0 Å². The number of hydrogen-bond acceptors (Lipinski definition) is 1. The molecule has 2 aromatic rings. The number of anilines is 1. The van der Waals surface area contributed by atoms with Gasteiger partial charge in [-0.1, -0.05) is 34.1 Å². The second kappa shape index (κ2) is 6.20. The van der Waals surface area contributed by atoms with Gasteiger partial charge < -0.3 is 5.32 Å². The first-order valence-corrected chi connectivity index (χ1v) is 7.11. The van der Waals surface area contributed by atoms with Gasteiger partial charge in [0.2, 0.25) is 0 Å². The summed E-state index contributed by atoms with van der Waals surface area (Å²) in [5.74, 6) is -0.178. The average Bonchev–Trinajstić information content (AvgIpc) is 2.34. The fraction of sp³-hybridized carbons (Fsp3) is 0.250. The molecule has 1 atom stereocenters. The molecule has 0 saturated heterocycles. The third-order valence-electron chi connectivity index (χ3n) is 3.02. The minimum atomic E-state index is -0.178. The van der Waals surface area contributed by atoms with Crippen molar-refractivity contribution >= 4 is 21.6 Å². The molecule has 1 N–H and O–H groups in total. The lowest BCUT2D eigenvalue weighted by molar-refractivity contribution is 0.624. The molecule has 1 unspecified atom stereocenters. The Balaban J connectivity index is 2.01. The van der Waals surface area contributed by atoms with Gasteiger partial charge in [0.05, 0.1) is 0 Å². The minimum Gasteiger partial charge on any atom is -0.382 e. The Kier molecular flexibility index (Phi) is 4.59. The summed E-state index contributed by atoms with van der Waals surface area (Å²) >= 11 is 3.52. The zero-order valence-electron chi connectivity index (χ0n) is 11.1. The van der Waals surface area contributed by atoms with Crippen LogP contribution in [0.2, 0.25) is 0 Å². The van der Waals surface area contributed by atoms with Crippen LogP contribution >= 0.6 is 15.9 Å². The molecule has 2 aromatic carbocycles. The van der Waals surface area contributed by atoms with Crippen LogP contribution in [-0.2, 0) is 6.42 Å². The molecule has 1 nitrogen and oxygen atoms in total. The molecule has 100 valence electrons. The highest BCUT2D eigenvalue weighted by Gasteiger charge is 2.05. The molecule has 0 aromatic heterocycles. The molecule has 0 fully saturated rings. The number of hydrogen-bond donors (Lipinski definition) is 1. The van der Waals surface area contributed by atoms with Gasteiger partial charge in [0, 0.05) is 16.2 Å². The van der Waals surface area contributed by atoms with E-state index in [-0.39, 0.29) is 11.9 Å². The van der Waals surface area contributed by atoms with Gasteiger partial charge in [-0.05, 0) is 55.7 Å². The fourth-order valence-electron chi connectivity index (χ4n) is 2.04. The fourth-order valence-corrected chi connectivity index (χ4v) is 2.41. The molecule has 3 heteroatoms. The molecule has 0 saturated carbocycles. The average molecular weight is 322 g/mol. The van der Waals surface area contributed by atoms with Crippen molar-refractivity contribution in [3.05, 3.63) is 63.9 Å². The van der Waals surface area contributed by atoms with Crippen LogP contribution in [0.15, 0.2) is 46.9 Å². The Bertz CT molecular complexity index is 568. The van der Waals surface area contributed by atoms with Crippen LogP contribution in [-0.4, -0.2) is 6.04 Å². The van der Waals surface area contributed by atoms with E-state index in [9.17, 15) is 4.39 Å². The number of benzene rings is 2. The predicted molar refractivity (Wildman–Crippen MR) is 82.1 cm³/mol. The van der Waals surface area contributed by atoms with Crippen molar-refractivity contribution in [2.45, 2.75) is 26.3 Å². The molecule has 0 radical (unpaired) electrons. The van der Waals surface area contributed by atoms with Crippen molar-refractivity contribution in [1.29, 1.82) is 0 Å². The topological polar surface area (TPSA) is 12.0 Å². The summed E-state index contributed by atoms with van der Waals surface area (Å²) in [4.78, 5) is 0. The standard InChI is InChI=1S/C16H17BrFN/c1-11-6-7-15(10-16(11)17)19-12(2)8-13-4-3-5-14(18)9-13/h3-7,9-10,12,19H,8H2,1-2H3. The second-order valence-electron chi connectivity index (χ2n) is 4.84. The second-order valence-corrected chi connectivity index (χ2v) is 5.70. The Morgan fingerprint density at radius 1 is 1.21 bits per heavy atom. The van der Waals surface area contributed by atoms with Gasteiger partial charge >= 0.3 is 0 Å². The predicted octanol–water partition coefficient (Wildman–Crippen LogP) is 4.94. The third kappa shape index (κ3) is 4.06. The van der Waals surface area contributed by atoms with Crippen LogP contribution in [0, 0.1) is 12.7 Å². The molecule has 0 aliphatic rings. The van der Waals surface area contributed by atoms with Gasteiger partial charge in [-0.2, -0.15) is 0 Å². The molecule has 0 bridgehead atoms. The molecule has 2 rings (SSSR count). The van der Waals surface area contributed by atoms with Crippen molar-refractivity contribution in [3.63, 3.8) is 0 Å². The van der Waals surface area contributed by atoms with Crippen LogP contribution in [0.1, 0.15) is 18.1 Å². The smallest absolute Gasteiger partial charge is 0.123 e. The summed E-state index contributed by atoms with van der Waals surface area (Å²) in [6, 6.07) is 13.2. The van der Waals surface area contributed by atoms with Crippen molar-refractivity contribution in [2.75, 3.05) is 5.32 Å². The van der Waals surface area contributed by atoms with Crippen LogP contribution in [0.5, 0.6) is 0 Å². The van der Waals surface area contributed by atoms with Gasteiger partial charge in [-0.15, -0.1) is 0 Å². The zero-order chi connectivity index (χ0) is 13.8. The zero-order valence-corrected chi connectivity index (χ0v) is 12.7. The highest BCUT2D eigenvalue weighted by Crippen LogP contribution is 2.21. The van der Waals surface area contributed by atoms with Gasteiger partial charge in [0.25, 0.3) is 0 Å². The van der Waals surface area contributed by atoms with Crippen molar-refractivity contribution in [3.8, 4) is 0 Å². The largest absolute Gasteiger partial charge is 0.382 e.